The summed E-state index contributed by atoms with van der Waals surface area (Å²) >= 11 is 0. The summed E-state index contributed by atoms with van der Waals surface area (Å²) in [5, 5.41) is 0. The SMILES string of the molecule is C=C(CC)CCCC=CCC. The van der Waals surface area contributed by atoms with Crippen LogP contribution in [0, 0.1) is 0 Å². The Morgan fingerprint density at radius 1 is 1.27 bits per heavy atom. The standard InChI is InChI=1S/C11H20/c1-4-6-7-8-9-10-11(3)5-2/h6-7H,3-5,8-10H2,1-2H3. The lowest BCUT2D eigenvalue weighted by atomic mass is 10.1. The second kappa shape index (κ2) is 7.59. The van der Waals surface area contributed by atoms with Gasteiger partial charge in [0.1, 0.15) is 0 Å². The molecular formula is C11H20. The minimum atomic E-state index is 1.14. The highest BCUT2D eigenvalue weighted by molar-refractivity contribution is 4.93. The van der Waals surface area contributed by atoms with Gasteiger partial charge in [0, 0.05) is 0 Å². The highest BCUT2D eigenvalue weighted by Gasteiger charge is 1.88. The summed E-state index contributed by atoms with van der Waals surface area (Å²) in [6.45, 7) is 8.31. The topological polar surface area (TPSA) is 0 Å². The van der Waals surface area contributed by atoms with E-state index in [1.54, 1.807) is 0 Å². The molecule has 0 atom stereocenters. The molecule has 0 heterocycles. The van der Waals surface area contributed by atoms with Crippen LogP contribution in [0.25, 0.3) is 0 Å². The molecule has 0 heteroatoms. The monoisotopic (exact) mass is 152 g/mol. The van der Waals surface area contributed by atoms with Crippen LogP contribution in [-0.2, 0) is 0 Å². The van der Waals surface area contributed by atoms with Crippen LogP contribution >= 0.6 is 0 Å². The minimum absolute atomic E-state index is 1.14. The molecule has 0 saturated carbocycles. The van der Waals surface area contributed by atoms with Crippen molar-refractivity contribution < 1.29 is 0 Å². The summed E-state index contributed by atoms with van der Waals surface area (Å²) in [4.78, 5) is 0. The van der Waals surface area contributed by atoms with Gasteiger partial charge in [-0.25, -0.2) is 0 Å². The lowest BCUT2D eigenvalue weighted by molar-refractivity contribution is 0.805. The first-order valence-corrected chi connectivity index (χ1v) is 4.62. The second-order valence-electron chi connectivity index (χ2n) is 2.88. The summed E-state index contributed by atoms with van der Waals surface area (Å²) in [7, 11) is 0. The molecule has 0 saturated heterocycles. The van der Waals surface area contributed by atoms with Crippen LogP contribution in [0.5, 0.6) is 0 Å². The summed E-state index contributed by atoms with van der Waals surface area (Å²) in [6, 6.07) is 0. The van der Waals surface area contributed by atoms with Crippen molar-refractivity contribution in [3.05, 3.63) is 24.3 Å². The van der Waals surface area contributed by atoms with E-state index in [-0.39, 0.29) is 0 Å². The van der Waals surface area contributed by atoms with E-state index in [1.165, 1.54) is 24.8 Å². The van der Waals surface area contributed by atoms with E-state index in [9.17, 15) is 0 Å². The van der Waals surface area contributed by atoms with Gasteiger partial charge >= 0.3 is 0 Å². The maximum atomic E-state index is 3.97. The summed E-state index contributed by atoms with van der Waals surface area (Å²) < 4.78 is 0. The Labute approximate surface area is 71.0 Å². The van der Waals surface area contributed by atoms with Gasteiger partial charge in [0.2, 0.25) is 0 Å². The van der Waals surface area contributed by atoms with Gasteiger partial charge < -0.3 is 0 Å². The molecule has 0 aromatic carbocycles. The number of rotatable bonds is 6. The predicted molar refractivity (Wildman–Crippen MR) is 52.7 cm³/mol. The van der Waals surface area contributed by atoms with Crippen LogP contribution < -0.4 is 0 Å². The molecular weight excluding hydrogens is 132 g/mol. The Hall–Kier alpha value is -0.520. The Morgan fingerprint density at radius 2 is 2.00 bits per heavy atom. The zero-order valence-corrected chi connectivity index (χ0v) is 7.90. The Bertz CT molecular complexity index is 120. The first-order chi connectivity index (χ1) is 5.31. The van der Waals surface area contributed by atoms with Crippen LogP contribution in [-0.4, -0.2) is 0 Å². The van der Waals surface area contributed by atoms with Crippen molar-refractivity contribution in [2.75, 3.05) is 0 Å². The van der Waals surface area contributed by atoms with Gasteiger partial charge in [0.25, 0.3) is 0 Å². The molecule has 0 amide bonds. The fourth-order valence-corrected chi connectivity index (χ4v) is 0.931. The smallest absolute Gasteiger partial charge is 0.0320 e. The van der Waals surface area contributed by atoms with E-state index < -0.39 is 0 Å². The number of unbranched alkanes of at least 4 members (excludes halogenated alkanes) is 1. The zero-order chi connectivity index (χ0) is 8.53. The maximum Gasteiger partial charge on any atom is -0.0320 e. The van der Waals surface area contributed by atoms with E-state index in [2.05, 4.69) is 32.6 Å². The molecule has 0 aromatic rings. The van der Waals surface area contributed by atoms with E-state index in [0.717, 1.165) is 12.8 Å². The predicted octanol–water partition coefficient (Wildman–Crippen LogP) is 4.09. The lowest BCUT2D eigenvalue weighted by Gasteiger charge is -1.98. The fourth-order valence-electron chi connectivity index (χ4n) is 0.931. The first-order valence-electron chi connectivity index (χ1n) is 4.62. The summed E-state index contributed by atoms with van der Waals surface area (Å²) in [6.07, 6.45) is 10.5. The normalized spacial score (nSPS) is 10.7. The van der Waals surface area contributed by atoms with E-state index >= 15 is 0 Å². The van der Waals surface area contributed by atoms with Crippen LogP contribution in [0.4, 0.5) is 0 Å². The molecule has 11 heavy (non-hydrogen) atoms. The lowest BCUT2D eigenvalue weighted by Crippen LogP contribution is -1.78. The van der Waals surface area contributed by atoms with Crippen molar-refractivity contribution in [3.8, 4) is 0 Å². The van der Waals surface area contributed by atoms with Gasteiger partial charge in [-0.1, -0.05) is 38.2 Å². The molecule has 0 nitrogen and oxygen atoms in total. The molecule has 0 bridgehead atoms. The summed E-state index contributed by atoms with van der Waals surface area (Å²) in [5.41, 5.74) is 1.38. The fraction of sp³-hybridized carbons (Fsp3) is 0.636. The van der Waals surface area contributed by atoms with Crippen molar-refractivity contribution in [1.82, 2.24) is 0 Å². The molecule has 0 aliphatic rings. The molecule has 0 aliphatic heterocycles. The average molecular weight is 152 g/mol. The third kappa shape index (κ3) is 7.38. The van der Waals surface area contributed by atoms with Gasteiger partial charge in [-0.2, -0.15) is 0 Å². The van der Waals surface area contributed by atoms with Gasteiger partial charge in [0.15, 0.2) is 0 Å². The van der Waals surface area contributed by atoms with Crippen LogP contribution in [0.3, 0.4) is 0 Å². The van der Waals surface area contributed by atoms with E-state index in [1.807, 2.05) is 0 Å². The molecule has 0 fully saturated rings. The van der Waals surface area contributed by atoms with Crippen LogP contribution in [0.2, 0.25) is 0 Å². The molecule has 0 rings (SSSR count). The molecule has 0 spiro atoms. The van der Waals surface area contributed by atoms with Crippen molar-refractivity contribution in [2.24, 2.45) is 0 Å². The van der Waals surface area contributed by atoms with Gasteiger partial charge in [0.05, 0.1) is 0 Å². The molecule has 0 unspecified atom stereocenters. The summed E-state index contributed by atoms with van der Waals surface area (Å²) in [5.74, 6) is 0. The maximum absolute atomic E-state index is 3.97. The molecule has 64 valence electrons. The number of hydrogen-bond acceptors (Lipinski definition) is 0. The zero-order valence-electron chi connectivity index (χ0n) is 7.90. The Balaban J connectivity index is 3.14. The van der Waals surface area contributed by atoms with Crippen molar-refractivity contribution in [2.45, 2.75) is 46.0 Å². The number of hydrogen-bond donors (Lipinski definition) is 0. The van der Waals surface area contributed by atoms with Crippen molar-refractivity contribution in [1.29, 1.82) is 0 Å². The van der Waals surface area contributed by atoms with Crippen LogP contribution in [0.1, 0.15) is 46.0 Å². The quantitative estimate of drug-likeness (QED) is 0.397. The third-order valence-corrected chi connectivity index (χ3v) is 1.80. The highest BCUT2D eigenvalue weighted by atomic mass is 13.9. The van der Waals surface area contributed by atoms with Crippen molar-refractivity contribution >= 4 is 0 Å². The molecule has 0 radical (unpaired) electrons. The average Bonchev–Trinajstić information content (AvgIpc) is 2.04. The van der Waals surface area contributed by atoms with Gasteiger partial charge in [-0.05, 0) is 32.1 Å². The molecule has 0 aromatic heterocycles. The highest BCUT2D eigenvalue weighted by Crippen LogP contribution is 2.08. The Morgan fingerprint density at radius 3 is 2.55 bits per heavy atom. The minimum Gasteiger partial charge on any atom is -0.0999 e. The molecule has 0 aliphatic carbocycles. The van der Waals surface area contributed by atoms with Crippen LogP contribution in [0.15, 0.2) is 24.3 Å². The van der Waals surface area contributed by atoms with Gasteiger partial charge in [-0.3, -0.25) is 0 Å². The number of allylic oxidation sites excluding steroid dienone is 3. The first kappa shape index (κ1) is 10.5. The van der Waals surface area contributed by atoms with E-state index in [4.69, 9.17) is 0 Å². The molecule has 0 N–H and O–H groups in total. The van der Waals surface area contributed by atoms with Crippen molar-refractivity contribution in [3.63, 3.8) is 0 Å². The largest absolute Gasteiger partial charge is 0.0999 e. The third-order valence-electron chi connectivity index (χ3n) is 1.80. The second-order valence-corrected chi connectivity index (χ2v) is 2.88. The van der Waals surface area contributed by atoms with E-state index in [0.29, 0.717) is 0 Å². The van der Waals surface area contributed by atoms with Gasteiger partial charge in [-0.15, -0.1) is 0 Å². The Kier molecular flexibility index (Phi) is 7.23.